The Morgan fingerprint density at radius 2 is 1.88 bits per heavy atom. The van der Waals surface area contributed by atoms with Gasteiger partial charge >= 0.3 is 0 Å². The molecule has 2 atom stereocenters. The van der Waals surface area contributed by atoms with Crippen LogP contribution < -0.4 is 10.5 Å². The number of pyridine rings is 1. The van der Waals surface area contributed by atoms with Crippen LogP contribution in [-0.4, -0.2) is 56.4 Å². The number of carbonyl (C=O) groups excluding carboxylic acids is 1. The van der Waals surface area contributed by atoms with E-state index in [0.29, 0.717) is 45.9 Å². The second-order valence-electron chi connectivity index (χ2n) is 8.99. The molecule has 0 saturated carbocycles. The summed E-state index contributed by atoms with van der Waals surface area (Å²) in [5, 5.41) is 0. The highest BCUT2D eigenvalue weighted by molar-refractivity contribution is 8.26. The summed E-state index contributed by atoms with van der Waals surface area (Å²) in [6, 6.07) is 5.48. The zero-order chi connectivity index (χ0) is 24.2. The van der Waals surface area contributed by atoms with Crippen LogP contribution in [-0.2, 0) is 9.53 Å². The van der Waals surface area contributed by atoms with Gasteiger partial charge in [0.15, 0.2) is 0 Å². The number of hydrogen-bond donors (Lipinski definition) is 0. The molecule has 4 heterocycles. The maximum atomic E-state index is 13.5. The molecule has 2 aliphatic heterocycles. The molecule has 9 heteroatoms. The van der Waals surface area contributed by atoms with Gasteiger partial charge in [-0.1, -0.05) is 62.7 Å². The number of hydrogen-bond acceptors (Lipinski definition) is 7. The summed E-state index contributed by atoms with van der Waals surface area (Å²) in [6.07, 6.45) is 8.98. The van der Waals surface area contributed by atoms with Crippen LogP contribution in [0.5, 0.6) is 0 Å². The Bertz CT molecular complexity index is 1150. The predicted molar refractivity (Wildman–Crippen MR) is 142 cm³/mol. The molecule has 182 valence electrons. The lowest BCUT2D eigenvalue weighted by Crippen LogP contribution is -2.46. The Morgan fingerprint density at radius 3 is 2.62 bits per heavy atom. The molecule has 2 aromatic rings. The van der Waals surface area contributed by atoms with Crippen molar-refractivity contribution in [2.45, 2.75) is 65.1 Å². The van der Waals surface area contributed by atoms with E-state index in [0.717, 1.165) is 12.8 Å². The fraction of sp³-hybridized carbons (Fsp3) is 0.520. The SMILES string of the molecule is CCCCCCCN1C(=O)/C(=C\c2c(N3CC(C)OC(C)C3)nc3ccccn3c2=O)SC1=S. The molecule has 0 N–H and O–H groups in total. The van der Waals surface area contributed by atoms with Gasteiger partial charge in [-0.15, -0.1) is 0 Å². The molecule has 0 spiro atoms. The molecule has 2 aromatic heterocycles. The summed E-state index contributed by atoms with van der Waals surface area (Å²) >= 11 is 6.78. The van der Waals surface area contributed by atoms with Crippen LogP contribution in [0.15, 0.2) is 34.1 Å². The van der Waals surface area contributed by atoms with E-state index in [9.17, 15) is 9.59 Å². The van der Waals surface area contributed by atoms with E-state index in [1.807, 2.05) is 26.0 Å². The molecule has 2 aliphatic rings. The zero-order valence-corrected chi connectivity index (χ0v) is 21.7. The minimum absolute atomic E-state index is 0.0125. The highest BCUT2D eigenvalue weighted by atomic mass is 32.2. The van der Waals surface area contributed by atoms with Gasteiger partial charge in [0.2, 0.25) is 0 Å². The van der Waals surface area contributed by atoms with Gasteiger partial charge in [-0.05, 0) is 38.5 Å². The summed E-state index contributed by atoms with van der Waals surface area (Å²) in [4.78, 5) is 35.8. The number of carbonyl (C=O) groups is 1. The maximum absolute atomic E-state index is 13.5. The minimum atomic E-state index is -0.197. The maximum Gasteiger partial charge on any atom is 0.267 e. The van der Waals surface area contributed by atoms with E-state index >= 15 is 0 Å². The lowest BCUT2D eigenvalue weighted by atomic mass is 10.1. The van der Waals surface area contributed by atoms with Gasteiger partial charge < -0.3 is 9.64 Å². The second-order valence-corrected chi connectivity index (χ2v) is 10.7. The Hall–Kier alpha value is -2.23. The van der Waals surface area contributed by atoms with Gasteiger partial charge in [0.25, 0.3) is 11.5 Å². The standard InChI is InChI=1S/C25H32N4O3S2/c1-4-5-6-7-9-13-29-24(31)20(34-25(29)33)14-19-22(27-15-17(2)32-18(3)16-27)26-21-11-8-10-12-28(21)23(19)30/h8,10-12,14,17-18H,4-7,9,13,15-16H2,1-3H3/b20-14+. The van der Waals surface area contributed by atoms with Crippen molar-refractivity contribution >= 4 is 51.7 Å². The van der Waals surface area contributed by atoms with Crippen LogP contribution in [0.2, 0.25) is 0 Å². The molecule has 1 amide bonds. The fourth-order valence-electron chi connectivity index (χ4n) is 4.51. The molecule has 0 bridgehead atoms. The molecule has 0 radical (unpaired) electrons. The minimum Gasteiger partial charge on any atom is -0.372 e. The van der Waals surface area contributed by atoms with E-state index < -0.39 is 0 Å². The molecule has 2 unspecified atom stereocenters. The summed E-state index contributed by atoms with van der Waals surface area (Å²) in [5.74, 6) is 0.459. The monoisotopic (exact) mass is 500 g/mol. The van der Waals surface area contributed by atoms with Gasteiger partial charge in [0, 0.05) is 25.8 Å². The van der Waals surface area contributed by atoms with Gasteiger partial charge in [-0.25, -0.2) is 4.98 Å². The average molecular weight is 501 g/mol. The lowest BCUT2D eigenvalue weighted by Gasteiger charge is -2.36. The van der Waals surface area contributed by atoms with E-state index in [1.165, 1.54) is 35.4 Å². The van der Waals surface area contributed by atoms with Crippen LogP contribution in [0.3, 0.4) is 0 Å². The Kier molecular flexibility index (Phi) is 8.06. The Labute approximate surface area is 210 Å². The number of nitrogens with zero attached hydrogens (tertiary/aromatic N) is 4. The normalized spacial score (nSPS) is 22.4. The van der Waals surface area contributed by atoms with E-state index in [4.69, 9.17) is 21.9 Å². The Morgan fingerprint density at radius 1 is 1.15 bits per heavy atom. The first kappa shape index (κ1) is 24.9. The highest BCUT2D eigenvalue weighted by Crippen LogP contribution is 2.34. The number of rotatable bonds is 8. The topological polar surface area (TPSA) is 67.2 Å². The molecular formula is C25H32N4O3S2. The molecule has 34 heavy (non-hydrogen) atoms. The van der Waals surface area contributed by atoms with Gasteiger partial charge in [-0.2, -0.15) is 0 Å². The van der Waals surface area contributed by atoms with Crippen LogP contribution in [0.4, 0.5) is 5.82 Å². The fourth-order valence-corrected chi connectivity index (χ4v) is 5.80. The predicted octanol–water partition coefficient (Wildman–Crippen LogP) is 4.48. The smallest absolute Gasteiger partial charge is 0.267 e. The number of unbranched alkanes of at least 4 members (excludes halogenated alkanes) is 4. The first-order chi connectivity index (χ1) is 16.4. The third-order valence-electron chi connectivity index (χ3n) is 6.10. The Balaban J connectivity index is 1.68. The molecule has 2 saturated heterocycles. The third-order valence-corrected chi connectivity index (χ3v) is 7.48. The molecule has 4 rings (SSSR count). The summed E-state index contributed by atoms with van der Waals surface area (Å²) in [5.41, 5.74) is 0.789. The third kappa shape index (κ3) is 5.37. The average Bonchev–Trinajstić information content (AvgIpc) is 3.07. The van der Waals surface area contributed by atoms with Crippen LogP contribution >= 0.6 is 24.0 Å². The lowest BCUT2D eigenvalue weighted by molar-refractivity contribution is -0.122. The molecule has 0 aliphatic carbocycles. The van der Waals surface area contributed by atoms with Crippen molar-refractivity contribution in [2.75, 3.05) is 24.5 Å². The van der Waals surface area contributed by atoms with Crippen molar-refractivity contribution in [2.24, 2.45) is 0 Å². The van der Waals surface area contributed by atoms with E-state index in [2.05, 4.69) is 11.8 Å². The first-order valence-electron chi connectivity index (χ1n) is 12.1. The number of morpholine rings is 1. The second kappa shape index (κ2) is 11.0. The van der Waals surface area contributed by atoms with Crippen molar-refractivity contribution in [1.82, 2.24) is 14.3 Å². The van der Waals surface area contributed by atoms with Crippen LogP contribution in [0.1, 0.15) is 58.4 Å². The van der Waals surface area contributed by atoms with Crippen molar-refractivity contribution in [1.29, 1.82) is 0 Å². The molecule has 2 fully saturated rings. The summed E-state index contributed by atoms with van der Waals surface area (Å²) in [7, 11) is 0. The van der Waals surface area contributed by atoms with Crippen LogP contribution in [0, 0.1) is 0 Å². The summed E-state index contributed by atoms with van der Waals surface area (Å²) in [6.45, 7) is 8.08. The van der Waals surface area contributed by atoms with Crippen molar-refractivity contribution in [3.8, 4) is 0 Å². The number of thioether (sulfide) groups is 1. The number of fused-ring (bicyclic) bond motifs is 1. The number of amides is 1. The number of aromatic nitrogens is 2. The van der Waals surface area contributed by atoms with Gasteiger partial charge in [0.1, 0.15) is 15.8 Å². The number of ether oxygens (including phenoxy) is 1. The quantitative estimate of drug-likeness (QED) is 0.301. The molecule has 7 nitrogen and oxygen atoms in total. The highest BCUT2D eigenvalue weighted by Gasteiger charge is 2.33. The largest absolute Gasteiger partial charge is 0.372 e. The van der Waals surface area contributed by atoms with Crippen LogP contribution in [0.25, 0.3) is 11.7 Å². The summed E-state index contributed by atoms with van der Waals surface area (Å²) < 4.78 is 7.96. The van der Waals surface area contributed by atoms with E-state index in [-0.39, 0.29) is 23.7 Å². The number of thiocarbonyl (C=S) groups is 1. The van der Waals surface area contributed by atoms with Crippen molar-refractivity contribution in [3.05, 3.63) is 45.2 Å². The first-order valence-corrected chi connectivity index (χ1v) is 13.3. The molecular weight excluding hydrogens is 468 g/mol. The van der Waals surface area contributed by atoms with Crippen molar-refractivity contribution in [3.63, 3.8) is 0 Å². The zero-order valence-electron chi connectivity index (χ0n) is 20.0. The molecule has 0 aromatic carbocycles. The van der Waals surface area contributed by atoms with E-state index in [1.54, 1.807) is 23.2 Å². The van der Waals surface area contributed by atoms with Gasteiger partial charge in [-0.3, -0.25) is 18.9 Å². The van der Waals surface area contributed by atoms with Gasteiger partial charge in [0.05, 0.1) is 22.7 Å². The van der Waals surface area contributed by atoms with Crippen molar-refractivity contribution < 1.29 is 9.53 Å². The number of anilines is 1.